The van der Waals surface area contributed by atoms with E-state index >= 15 is 0 Å². The van der Waals surface area contributed by atoms with E-state index in [4.69, 9.17) is 9.68 Å². The van der Waals surface area contributed by atoms with Gasteiger partial charge in [-0.1, -0.05) is 5.10 Å². The molecule has 0 atom stereocenters. The second kappa shape index (κ2) is 6.77. The molecule has 2 aliphatic rings. The van der Waals surface area contributed by atoms with Crippen molar-refractivity contribution < 1.29 is 13.2 Å². The Bertz CT molecular complexity index is 1070. The van der Waals surface area contributed by atoms with E-state index in [0.717, 1.165) is 11.1 Å². The standard InChI is InChI=1S/C19H15F2N7O/c20-15-3-11-1-14(2-12(11)4-16(15)21)25-18-23-6-13(7-24-18)17-26-27-19(29-17)28-8-10(5-22)9-28/h3-4,6-7,10,14H,1-2,8-9H2,(H,23,24,25). The molecule has 0 unspecified atom stereocenters. The molecular weight excluding hydrogens is 380 g/mol. The van der Waals surface area contributed by atoms with Crippen molar-refractivity contribution in [2.75, 3.05) is 23.3 Å². The highest BCUT2D eigenvalue weighted by Crippen LogP contribution is 2.28. The zero-order chi connectivity index (χ0) is 20.0. The van der Waals surface area contributed by atoms with Gasteiger partial charge in [-0.2, -0.15) is 5.26 Å². The van der Waals surface area contributed by atoms with Crippen LogP contribution in [0.5, 0.6) is 0 Å². The zero-order valence-electron chi connectivity index (χ0n) is 15.1. The van der Waals surface area contributed by atoms with Crippen molar-refractivity contribution in [2.45, 2.75) is 18.9 Å². The first-order valence-corrected chi connectivity index (χ1v) is 9.13. The fourth-order valence-electron chi connectivity index (χ4n) is 3.59. The van der Waals surface area contributed by atoms with E-state index in [1.165, 1.54) is 12.1 Å². The maximum atomic E-state index is 13.4. The Morgan fingerprint density at radius 2 is 1.72 bits per heavy atom. The fraction of sp³-hybridized carbons (Fsp3) is 0.316. The summed E-state index contributed by atoms with van der Waals surface area (Å²) in [5, 5.41) is 20.0. The summed E-state index contributed by atoms with van der Waals surface area (Å²) in [6, 6.07) is 5.03. The molecule has 1 aromatic carbocycles. The van der Waals surface area contributed by atoms with Crippen LogP contribution in [0.15, 0.2) is 28.9 Å². The number of rotatable bonds is 4. The Kier molecular flexibility index (Phi) is 4.08. The predicted molar refractivity (Wildman–Crippen MR) is 97.8 cm³/mol. The molecule has 146 valence electrons. The number of benzene rings is 1. The summed E-state index contributed by atoms with van der Waals surface area (Å²) in [6.45, 7) is 1.16. The quantitative estimate of drug-likeness (QED) is 0.718. The van der Waals surface area contributed by atoms with E-state index in [0.29, 0.717) is 49.3 Å². The first-order chi connectivity index (χ1) is 14.1. The molecule has 10 heteroatoms. The number of nitriles is 1. The molecule has 3 heterocycles. The number of halogens is 2. The molecule has 1 N–H and O–H groups in total. The van der Waals surface area contributed by atoms with Crippen LogP contribution >= 0.6 is 0 Å². The number of aromatic nitrogens is 4. The van der Waals surface area contributed by atoms with E-state index in [-0.39, 0.29) is 12.0 Å². The van der Waals surface area contributed by atoms with Gasteiger partial charge in [-0.05, 0) is 36.1 Å². The molecule has 5 rings (SSSR count). The lowest BCUT2D eigenvalue weighted by molar-refractivity contribution is 0.442. The van der Waals surface area contributed by atoms with Crippen LogP contribution in [0.25, 0.3) is 11.5 Å². The van der Waals surface area contributed by atoms with Crippen molar-refractivity contribution >= 4 is 12.0 Å². The molecule has 0 bridgehead atoms. The topological polar surface area (TPSA) is 104 Å². The van der Waals surface area contributed by atoms with E-state index in [2.05, 4.69) is 31.6 Å². The molecule has 2 aromatic heterocycles. The van der Waals surface area contributed by atoms with Crippen molar-refractivity contribution in [1.29, 1.82) is 5.26 Å². The third kappa shape index (κ3) is 3.24. The van der Waals surface area contributed by atoms with Crippen LogP contribution in [0.4, 0.5) is 20.7 Å². The van der Waals surface area contributed by atoms with E-state index in [9.17, 15) is 8.78 Å². The molecule has 1 fully saturated rings. The van der Waals surface area contributed by atoms with Crippen molar-refractivity contribution in [3.63, 3.8) is 0 Å². The molecule has 0 spiro atoms. The zero-order valence-corrected chi connectivity index (χ0v) is 15.1. The highest BCUT2D eigenvalue weighted by molar-refractivity contribution is 5.52. The van der Waals surface area contributed by atoms with Gasteiger partial charge in [0, 0.05) is 31.5 Å². The van der Waals surface area contributed by atoms with Crippen molar-refractivity contribution in [3.05, 3.63) is 47.3 Å². The van der Waals surface area contributed by atoms with Crippen LogP contribution in [0.1, 0.15) is 11.1 Å². The molecule has 3 aromatic rings. The van der Waals surface area contributed by atoms with Crippen molar-refractivity contribution in [1.82, 2.24) is 20.2 Å². The lowest BCUT2D eigenvalue weighted by atomic mass is 10.0. The number of nitrogens with one attached hydrogen (secondary N) is 1. The van der Waals surface area contributed by atoms with Gasteiger partial charge < -0.3 is 14.6 Å². The average Bonchev–Trinajstić information content (AvgIpc) is 3.29. The van der Waals surface area contributed by atoms with Gasteiger partial charge in [0.1, 0.15) is 0 Å². The monoisotopic (exact) mass is 395 g/mol. The third-order valence-electron chi connectivity index (χ3n) is 5.16. The number of hydrogen-bond acceptors (Lipinski definition) is 8. The first kappa shape index (κ1) is 17.5. The van der Waals surface area contributed by atoms with Crippen LogP contribution in [0.2, 0.25) is 0 Å². The molecule has 1 aliphatic heterocycles. The summed E-state index contributed by atoms with van der Waals surface area (Å²) >= 11 is 0. The lowest BCUT2D eigenvalue weighted by Crippen LogP contribution is -2.46. The van der Waals surface area contributed by atoms with Gasteiger partial charge in [0.05, 0.1) is 17.6 Å². The first-order valence-electron chi connectivity index (χ1n) is 9.13. The van der Waals surface area contributed by atoms with E-state index < -0.39 is 11.6 Å². The smallest absolute Gasteiger partial charge is 0.318 e. The lowest BCUT2D eigenvalue weighted by Gasteiger charge is -2.33. The second-order valence-corrected chi connectivity index (χ2v) is 7.20. The van der Waals surface area contributed by atoms with Gasteiger partial charge in [0.25, 0.3) is 5.89 Å². The summed E-state index contributed by atoms with van der Waals surface area (Å²) in [5.41, 5.74) is 2.16. The van der Waals surface area contributed by atoms with Crippen molar-refractivity contribution in [3.8, 4) is 17.5 Å². The minimum atomic E-state index is -0.828. The van der Waals surface area contributed by atoms with Gasteiger partial charge in [-0.15, -0.1) is 5.10 Å². The van der Waals surface area contributed by atoms with Crippen molar-refractivity contribution in [2.24, 2.45) is 5.92 Å². The average molecular weight is 395 g/mol. The van der Waals surface area contributed by atoms with Crippen LogP contribution in [0.3, 0.4) is 0 Å². The minimum Gasteiger partial charge on any atom is -0.403 e. The normalized spacial score (nSPS) is 16.4. The third-order valence-corrected chi connectivity index (χ3v) is 5.16. The van der Waals surface area contributed by atoms with Gasteiger partial charge in [-0.3, -0.25) is 0 Å². The fourth-order valence-corrected chi connectivity index (χ4v) is 3.59. The molecule has 29 heavy (non-hydrogen) atoms. The number of fused-ring (bicyclic) bond motifs is 1. The summed E-state index contributed by atoms with van der Waals surface area (Å²) in [4.78, 5) is 10.4. The number of hydrogen-bond donors (Lipinski definition) is 1. The van der Waals surface area contributed by atoms with Crippen LogP contribution in [0, 0.1) is 28.9 Å². The molecule has 1 aliphatic carbocycles. The maximum absolute atomic E-state index is 13.4. The van der Waals surface area contributed by atoms with Gasteiger partial charge >= 0.3 is 6.01 Å². The molecule has 0 radical (unpaired) electrons. The summed E-state index contributed by atoms with van der Waals surface area (Å²) in [5.74, 6) is -0.956. The Morgan fingerprint density at radius 3 is 2.34 bits per heavy atom. The molecule has 8 nitrogen and oxygen atoms in total. The molecule has 1 saturated heterocycles. The van der Waals surface area contributed by atoms with Crippen LogP contribution in [-0.2, 0) is 12.8 Å². The van der Waals surface area contributed by atoms with Gasteiger partial charge in [-0.25, -0.2) is 18.7 Å². The van der Waals surface area contributed by atoms with E-state index in [1.807, 2.05) is 4.90 Å². The minimum absolute atomic E-state index is 0.00578. The molecular formula is C19H15F2N7O. The molecule has 0 saturated carbocycles. The Balaban J connectivity index is 1.24. The summed E-state index contributed by atoms with van der Waals surface area (Å²) in [6.07, 6.45) is 4.29. The number of nitrogens with zero attached hydrogens (tertiary/aromatic N) is 6. The van der Waals surface area contributed by atoms with Crippen LogP contribution < -0.4 is 10.2 Å². The summed E-state index contributed by atoms with van der Waals surface area (Å²) in [7, 11) is 0. The molecule has 0 amide bonds. The second-order valence-electron chi connectivity index (χ2n) is 7.20. The Morgan fingerprint density at radius 1 is 1.07 bits per heavy atom. The maximum Gasteiger partial charge on any atom is 0.318 e. The van der Waals surface area contributed by atoms with E-state index in [1.54, 1.807) is 12.4 Å². The number of anilines is 2. The Labute approximate surface area is 164 Å². The van der Waals surface area contributed by atoms with Crippen LogP contribution in [-0.4, -0.2) is 39.3 Å². The Hall–Kier alpha value is -3.61. The van der Waals surface area contributed by atoms with Gasteiger partial charge in [0.2, 0.25) is 5.95 Å². The summed E-state index contributed by atoms with van der Waals surface area (Å²) < 4.78 is 32.4. The predicted octanol–water partition coefficient (Wildman–Crippen LogP) is 2.34. The highest BCUT2D eigenvalue weighted by Gasteiger charge is 2.30. The van der Waals surface area contributed by atoms with Gasteiger partial charge in [0.15, 0.2) is 11.6 Å². The largest absolute Gasteiger partial charge is 0.403 e. The SMILES string of the molecule is N#CC1CN(c2nnc(-c3cnc(NC4Cc5cc(F)c(F)cc5C4)nc3)o2)C1. The highest BCUT2D eigenvalue weighted by atomic mass is 19.2.